The zero-order chi connectivity index (χ0) is 7.72. The van der Waals surface area contributed by atoms with Crippen molar-refractivity contribution in [3.63, 3.8) is 0 Å². The van der Waals surface area contributed by atoms with Gasteiger partial charge in [-0.25, -0.2) is 0 Å². The quantitative estimate of drug-likeness (QED) is 0.401. The van der Waals surface area contributed by atoms with Gasteiger partial charge in [-0.3, -0.25) is 6.58 Å². The molecule has 1 radical (unpaired) electrons. The summed E-state index contributed by atoms with van der Waals surface area (Å²) in [7, 11) is 0. The Balaban J connectivity index is 0.000001000. The van der Waals surface area contributed by atoms with Crippen molar-refractivity contribution in [2.24, 2.45) is 0 Å². The van der Waals surface area contributed by atoms with Crippen molar-refractivity contribution in [2.75, 3.05) is 6.54 Å². The molecular weight excluding hydrogens is 255 g/mol. The van der Waals surface area contributed by atoms with Crippen LogP contribution < -0.4 is 0 Å². The molecule has 2 nitrogen and oxygen atoms in total. The van der Waals surface area contributed by atoms with Crippen molar-refractivity contribution in [2.45, 2.75) is 6.92 Å². The fraction of sp³-hybridized carbons (Fsp3) is 0.333. The van der Waals surface area contributed by atoms with Gasteiger partial charge in [0.1, 0.15) is 10.2 Å². The first kappa shape index (κ1) is 11.8. The number of rotatable bonds is 1. The molecule has 11 heavy (non-hydrogen) atoms. The molecule has 1 aliphatic rings. The number of likely N-dealkylation sites (N-methyl/N-ethyl adjacent to an activating group) is 1. The number of hydrogen-bond donors (Lipinski definition) is 0. The Labute approximate surface area is 101 Å². The third kappa shape index (κ3) is 2.34. The molecule has 57 valence electrons. The fourth-order valence-electron chi connectivity index (χ4n) is 0.681. The van der Waals surface area contributed by atoms with Crippen LogP contribution in [-0.4, -0.2) is 21.7 Å². The summed E-state index contributed by atoms with van der Waals surface area (Å²) in [5.74, 6) is -0.155. The molecule has 1 amide bonds. The summed E-state index contributed by atoms with van der Waals surface area (Å²) in [5, 5.41) is 0. The summed E-state index contributed by atoms with van der Waals surface area (Å²) in [6, 6.07) is 0. The van der Waals surface area contributed by atoms with Gasteiger partial charge in [-0.05, 0) is 6.92 Å². The number of thioether (sulfide) groups is 1. The van der Waals surface area contributed by atoms with Gasteiger partial charge in [-0.2, -0.15) is 0 Å². The summed E-state index contributed by atoms with van der Waals surface area (Å²) in [6.07, 6.45) is 0. The minimum Gasteiger partial charge on any atom is -0.382 e. The zero-order valence-electron chi connectivity index (χ0n) is 6.03. The van der Waals surface area contributed by atoms with Crippen LogP contribution in [0, 0.1) is 6.58 Å². The predicted molar refractivity (Wildman–Crippen MR) is 45.4 cm³/mol. The molecule has 0 spiro atoms. The third-order valence-corrected chi connectivity index (χ3v) is 2.45. The van der Waals surface area contributed by atoms with Gasteiger partial charge in [0.25, 0.3) is 0 Å². The Morgan fingerprint density at radius 1 is 1.73 bits per heavy atom. The Morgan fingerprint density at radius 3 is 2.45 bits per heavy atom. The number of hydrogen-bond acceptors (Lipinski definition) is 3. The van der Waals surface area contributed by atoms with Gasteiger partial charge in [0.2, 0.25) is 0 Å². The van der Waals surface area contributed by atoms with E-state index in [9.17, 15) is 4.79 Å². The zero-order valence-corrected chi connectivity index (χ0v) is 10.5. The van der Waals surface area contributed by atoms with Crippen molar-refractivity contribution < 1.29 is 37.5 Å². The standard InChI is InChI=1S/C6H6NOS2.Y/c1-3-7-5(8)4(2)10-6(7)9;/h2H,3H2,1H3;/q-1;. The molecule has 0 unspecified atom stereocenters. The van der Waals surface area contributed by atoms with E-state index in [1.54, 1.807) is 0 Å². The average molecular weight is 261 g/mol. The van der Waals surface area contributed by atoms with Gasteiger partial charge >= 0.3 is 0 Å². The normalized spacial score (nSPS) is 17.2. The molecule has 0 bridgehead atoms. The molecule has 1 rings (SSSR count). The van der Waals surface area contributed by atoms with Crippen LogP contribution in [0.3, 0.4) is 0 Å². The van der Waals surface area contributed by atoms with Crippen molar-refractivity contribution in [3.8, 4) is 0 Å². The van der Waals surface area contributed by atoms with Gasteiger partial charge in [-0.1, -0.05) is 24.0 Å². The third-order valence-electron chi connectivity index (χ3n) is 1.19. The van der Waals surface area contributed by atoms with E-state index in [1.165, 1.54) is 4.90 Å². The summed E-state index contributed by atoms with van der Waals surface area (Å²) >= 11 is 6.02. The van der Waals surface area contributed by atoms with Crippen molar-refractivity contribution in [1.29, 1.82) is 0 Å². The van der Waals surface area contributed by atoms with E-state index in [-0.39, 0.29) is 43.5 Å². The molecule has 0 saturated carbocycles. The summed E-state index contributed by atoms with van der Waals surface area (Å²) in [6.45, 7) is 7.80. The van der Waals surface area contributed by atoms with E-state index in [0.717, 1.165) is 11.8 Å². The van der Waals surface area contributed by atoms with Crippen molar-refractivity contribution in [1.82, 2.24) is 4.90 Å². The largest absolute Gasteiger partial charge is 0.382 e. The monoisotopic (exact) mass is 261 g/mol. The van der Waals surface area contributed by atoms with Gasteiger partial charge in [0, 0.05) is 39.3 Å². The second-order valence-electron chi connectivity index (χ2n) is 1.78. The van der Waals surface area contributed by atoms with Gasteiger partial charge < -0.3 is 9.69 Å². The minimum absolute atomic E-state index is 0. The maximum atomic E-state index is 11.0. The Hall–Kier alpha value is 0.754. The second kappa shape index (κ2) is 4.70. The molecule has 0 aliphatic carbocycles. The van der Waals surface area contributed by atoms with Crippen LogP contribution in [0.1, 0.15) is 6.92 Å². The molecule has 0 aromatic heterocycles. The fourth-order valence-corrected chi connectivity index (χ4v) is 1.87. The van der Waals surface area contributed by atoms with Gasteiger partial charge in [-0.15, -0.1) is 4.91 Å². The first-order valence-electron chi connectivity index (χ1n) is 2.83. The molecule has 0 aromatic rings. The molecular formula is C6H6NOS2Y-. The maximum Gasteiger partial charge on any atom is 0.128 e. The van der Waals surface area contributed by atoms with Crippen molar-refractivity contribution in [3.05, 3.63) is 11.5 Å². The maximum absolute atomic E-state index is 11.0. The second-order valence-corrected chi connectivity index (χ2v) is 3.46. The molecule has 1 aliphatic heterocycles. The molecule has 0 N–H and O–H groups in total. The Bertz CT molecular complexity index is 217. The number of nitrogens with zero attached hydrogens (tertiary/aromatic N) is 1. The van der Waals surface area contributed by atoms with E-state index in [2.05, 4.69) is 0 Å². The predicted octanol–water partition coefficient (Wildman–Crippen LogP) is 1.18. The average Bonchev–Trinajstić information content (AvgIpc) is 2.09. The first-order chi connectivity index (χ1) is 4.66. The van der Waals surface area contributed by atoms with E-state index in [0.29, 0.717) is 10.9 Å². The number of carbonyl (C=O) groups excluding carboxylic acids is 1. The first-order valence-corrected chi connectivity index (χ1v) is 4.05. The van der Waals surface area contributed by atoms with E-state index < -0.39 is 0 Å². The Morgan fingerprint density at radius 2 is 2.27 bits per heavy atom. The van der Waals surface area contributed by atoms with Gasteiger partial charge in [0.15, 0.2) is 0 Å². The molecule has 1 fully saturated rings. The molecule has 0 aromatic carbocycles. The number of carbonyl (C=O) groups is 1. The minimum atomic E-state index is -0.155. The van der Waals surface area contributed by atoms with Crippen molar-refractivity contribution >= 4 is 34.2 Å². The summed E-state index contributed by atoms with van der Waals surface area (Å²) < 4.78 is 0.560. The number of thiocarbonyl (C=S) groups is 1. The molecule has 0 atom stereocenters. The molecule has 1 saturated heterocycles. The van der Waals surface area contributed by atoms with Crippen LogP contribution in [0.2, 0.25) is 0 Å². The van der Waals surface area contributed by atoms with E-state index >= 15 is 0 Å². The topological polar surface area (TPSA) is 20.3 Å². The summed E-state index contributed by atoms with van der Waals surface area (Å²) in [4.78, 5) is 12.8. The van der Waals surface area contributed by atoms with Gasteiger partial charge in [0.05, 0.1) is 0 Å². The van der Waals surface area contributed by atoms with Crippen LogP contribution in [0.15, 0.2) is 4.91 Å². The van der Waals surface area contributed by atoms with Crippen LogP contribution in [0.4, 0.5) is 0 Å². The van der Waals surface area contributed by atoms with Crippen LogP contribution >= 0.6 is 24.0 Å². The molecule has 5 heteroatoms. The van der Waals surface area contributed by atoms with E-state index in [4.69, 9.17) is 18.8 Å². The summed E-state index contributed by atoms with van der Waals surface area (Å²) in [5.41, 5.74) is 0. The smallest absolute Gasteiger partial charge is 0.128 e. The van der Waals surface area contributed by atoms with Crippen LogP contribution in [-0.2, 0) is 37.5 Å². The van der Waals surface area contributed by atoms with E-state index in [1.807, 2.05) is 6.92 Å². The number of amides is 1. The van der Waals surface area contributed by atoms with Crippen LogP contribution in [0.5, 0.6) is 0 Å². The Kier molecular flexibility index (Phi) is 5.02. The SMILES string of the molecule is [CH-]=C1SC(=S)N(CC)C1=O.[Y]. The molecule has 1 heterocycles. The van der Waals surface area contributed by atoms with Crippen LogP contribution in [0.25, 0.3) is 0 Å².